The second-order valence-corrected chi connectivity index (χ2v) is 18.3. The number of halogens is 2. The Bertz CT molecular complexity index is 1570. The number of hydrogen-bond donors (Lipinski definition) is 1. The Balaban J connectivity index is 0.000000118. The van der Waals surface area contributed by atoms with E-state index in [1.165, 1.54) is 0 Å². The SMILES string of the molecule is CC1(C)C2C(O)C3OC(=O)[C@@]45O[C@@H]4CC1(O[C@]2(C)CBr)C35C.CC12C(=O)OC3C4OC(=O)[C@@]56O[C@@H]5CC1(O[C@](C)(CBr)C32)C46C. The summed E-state index contributed by atoms with van der Waals surface area (Å²) >= 11 is 7.14. The third kappa shape index (κ3) is 2.23. The highest BCUT2D eigenvalue weighted by atomic mass is 79.9. The van der Waals surface area contributed by atoms with E-state index in [0.717, 1.165) is 0 Å². The molecule has 4 saturated carbocycles. The van der Waals surface area contributed by atoms with Crippen molar-refractivity contribution >= 4 is 49.8 Å². The first-order valence-corrected chi connectivity index (χ1v) is 18.3. The predicted molar refractivity (Wildman–Crippen MR) is 157 cm³/mol. The minimum atomic E-state index is -0.951. The van der Waals surface area contributed by atoms with Crippen molar-refractivity contribution in [3.05, 3.63) is 0 Å². The van der Waals surface area contributed by atoms with Crippen LogP contribution in [0.1, 0.15) is 61.3 Å². The van der Waals surface area contributed by atoms with Gasteiger partial charge >= 0.3 is 17.9 Å². The van der Waals surface area contributed by atoms with Crippen molar-refractivity contribution in [1.29, 1.82) is 0 Å². The first-order valence-electron chi connectivity index (χ1n) is 16.0. The van der Waals surface area contributed by atoms with Crippen LogP contribution in [0.25, 0.3) is 0 Å². The third-order valence-electron chi connectivity index (χ3n) is 15.7. The molecule has 11 unspecified atom stereocenters. The summed E-state index contributed by atoms with van der Waals surface area (Å²) in [5.41, 5.74) is -6.54. The Labute approximate surface area is 277 Å². The van der Waals surface area contributed by atoms with Crippen LogP contribution in [0.4, 0.5) is 0 Å². The second-order valence-electron chi connectivity index (χ2n) is 17.1. The molecule has 11 aliphatic rings. The van der Waals surface area contributed by atoms with E-state index in [1.807, 2.05) is 27.7 Å². The summed E-state index contributed by atoms with van der Waals surface area (Å²) in [7, 11) is 0. The summed E-state index contributed by atoms with van der Waals surface area (Å²) in [5, 5.41) is 12.4. The van der Waals surface area contributed by atoms with Crippen LogP contribution in [-0.4, -0.2) is 104 Å². The standard InChI is InChI=1S/C16H17BrO6.C16H21BrO5/c1-12(5-17)8-7-9-14(3)15(23-12,13(8,2)10(18)20-7)4-6-16(14,22-6)11(19)21-9;1-12(2)9-8(18)10-14(4)15(12,22-13(9,3)6-17)5-7-16(14,21-7)11(19)20-10/h6-9H,4-5H2,1-3H3;7-10,18H,5-6H2,1-4H3/t6-,7?,8?,9?,12-,13?,14?,15?,16+;7-,8?,9?,10?,13-,14?,15?,16+/m11/s1. The Morgan fingerprint density at radius 2 is 1.18 bits per heavy atom. The van der Waals surface area contributed by atoms with Gasteiger partial charge in [-0.25, -0.2) is 9.59 Å². The lowest BCUT2D eigenvalue weighted by Gasteiger charge is -2.56. The Kier molecular flexibility index (Phi) is 4.67. The zero-order valence-electron chi connectivity index (χ0n) is 26.2. The van der Waals surface area contributed by atoms with E-state index >= 15 is 0 Å². The highest BCUT2D eigenvalue weighted by Gasteiger charge is 3.02. The quantitative estimate of drug-likeness (QED) is 0.192. The summed E-state index contributed by atoms with van der Waals surface area (Å²) in [6, 6.07) is 0. The molecule has 45 heavy (non-hydrogen) atoms. The van der Waals surface area contributed by atoms with Gasteiger partial charge in [0.1, 0.15) is 35.4 Å². The largest absolute Gasteiger partial charge is 0.457 e. The Morgan fingerprint density at radius 3 is 1.76 bits per heavy atom. The topological polar surface area (TPSA) is 143 Å². The van der Waals surface area contributed by atoms with E-state index < -0.39 is 74.3 Å². The van der Waals surface area contributed by atoms with Gasteiger partial charge in [-0.05, 0) is 34.6 Å². The number of alkyl halides is 2. The second kappa shape index (κ2) is 7.21. The molecule has 7 heterocycles. The van der Waals surface area contributed by atoms with Gasteiger partial charge < -0.3 is 38.3 Å². The van der Waals surface area contributed by atoms with Crippen LogP contribution >= 0.6 is 31.9 Å². The van der Waals surface area contributed by atoms with Gasteiger partial charge in [-0.15, -0.1) is 0 Å². The molecule has 17 atom stereocenters. The molecule has 11 rings (SSSR count). The predicted octanol–water partition coefficient (Wildman–Crippen LogP) is 2.34. The number of carbonyl (C=O) groups is 3. The minimum absolute atomic E-state index is 0.0992. The molecule has 11 fully saturated rings. The lowest BCUT2D eigenvalue weighted by molar-refractivity contribution is -0.226. The van der Waals surface area contributed by atoms with Crippen molar-refractivity contribution in [3.8, 4) is 0 Å². The molecule has 246 valence electrons. The summed E-state index contributed by atoms with van der Waals surface area (Å²) in [5.74, 6) is -1.08. The Hall–Kier alpha value is -0.830. The van der Waals surface area contributed by atoms with Crippen molar-refractivity contribution in [2.24, 2.45) is 33.5 Å². The van der Waals surface area contributed by atoms with Crippen LogP contribution in [0.5, 0.6) is 0 Å². The summed E-state index contributed by atoms with van der Waals surface area (Å²) in [6.07, 6.45) is -1.36. The van der Waals surface area contributed by atoms with Crippen molar-refractivity contribution in [2.45, 2.75) is 132 Å². The summed E-state index contributed by atoms with van der Waals surface area (Å²) in [4.78, 5) is 38.0. The van der Waals surface area contributed by atoms with Crippen molar-refractivity contribution in [1.82, 2.24) is 0 Å². The first kappa shape index (κ1) is 29.1. The normalized spacial score (nSPS) is 67.7. The average molecular weight is 758 g/mol. The molecule has 0 aromatic rings. The first-order chi connectivity index (χ1) is 20.9. The van der Waals surface area contributed by atoms with Crippen LogP contribution in [-0.2, 0) is 47.5 Å². The highest BCUT2D eigenvalue weighted by Crippen LogP contribution is 2.85. The van der Waals surface area contributed by atoms with Gasteiger partial charge in [-0.2, -0.15) is 0 Å². The maximum absolute atomic E-state index is 12.9. The molecule has 4 aliphatic carbocycles. The van der Waals surface area contributed by atoms with Crippen LogP contribution in [0.3, 0.4) is 0 Å². The lowest BCUT2D eigenvalue weighted by Crippen LogP contribution is -2.68. The molecule has 7 aliphatic heterocycles. The van der Waals surface area contributed by atoms with Crippen molar-refractivity contribution in [2.75, 3.05) is 10.7 Å². The molecule has 0 amide bonds. The summed E-state index contributed by atoms with van der Waals surface area (Å²) < 4.78 is 42.3. The molecule has 7 saturated heterocycles. The monoisotopic (exact) mass is 756 g/mol. The van der Waals surface area contributed by atoms with Crippen LogP contribution < -0.4 is 0 Å². The van der Waals surface area contributed by atoms with E-state index in [4.69, 9.17) is 33.2 Å². The molecule has 1 N–H and O–H groups in total. The highest BCUT2D eigenvalue weighted by molar-refractivity contribution is 9.09. The molecule has 4 spiro atoms. The van der Waals surface area contributed by atoms with E-state index in [1.54, 1.807) is 0 Å². The molecular weight excluding hydrogens is 720 g/mol. The number of epoxide rings is 2. The molecule has 13 heteroatoms. The van der Waals surface area contributed by atoms with Crippen molar-refractivity contribution in [3.63, 3.8) is 0 Å². The van der Waals surface area contributed by atoms with Gasteiger partial charge in [0.25, 0.3) is 0 Å². The van der Waals surface area contributed by atoms with Crippen LogP contribution in [0, 0.1) is 33.5 Å². The minimum Gasteiger partial charge on any atom is -0.457 e. The van der Waals surface area contributed by atoms with Crippen LogP contribution in [0.2, 0.25) is 0 Å². The van der Waals surface area contributed by atoms with E-state index in [2.05, 4.69) is 52.6 Å². The van der Waals surface area contributed by atoms with Gasteiger partial charge in [0.2, 0.25) is 11.2 Å². The smallest absolute Gasteiger partial charge is 0.342 e. The number of fused-ring (bicyclic) bond motifs is 2. The number of aliphatic hydroxyl groups is 1. The van der Waals surface area contributed by atoms with Crippen molar-refractivity contribution < 1.29 is 52.6 Å². The number of aliphatic hydroxyl groups excluding tert-OH is 1. The van der Waals surface area contributed by atoms with Gasteiger partial charge in [0, 0.05) is 40.8 Å². The fraction of sp³-hybridized carbons (Fsp3) is 0.906. The number of ether oxygens (including phenoxy) is 7. The van der Waals surface area contributed by atoms with E-state index in [0.29, 0.717) is 23.5 Å². The van der Waals surface area contributed by atoms with E-state index in [-0.39, 0.29) is 47.4 Å². The molecule has 6 bridgehead atoms. The number of rotatable bonds is 2. The third-order valence-corrected chi connectivity index (χ3v) is 17.9. The molecular formula is C32H38Br2O11. The van der Waals surface area contributed by atoms with Gasteiger partial charge in [0.15, 0.2) is 6.10 Å². The van der Waals surface area contributed by atoms with Gasteiger partial charge in [-0.1, -0.05) is 45.7 Å². The molecule has 0 radical (unpaired) electrons. The Morgan fingerprint density at radius 1 is 0.689 bits per heavy atom. The van der Waals surface area contributed by atoms with Crippen LogP contribution in [0.15, 0.2) is 0 Å². The zero-order chi connectivity index (χ0) is 32.1. The maximum atomic E-state index is 12.9. The number of esters is 3. The average Bonchev–Trinajstić information content (AvgIpc) is 3.71. The molecule has 0 aromatic heterocycles. The number of hydrogen-bond acceptors (Lipinski definition) is 11. The fourth-order valence-electron chi connectivity index (χ4n) is 14.0. The number of carbonyl (C=O) groups excluding carboxylic acids is 3. The molecule has 11 nitrogen and oxygen atoms in total. The fourth-order valence-corrected chi connectivity index (χ4v) is 15.0. The zero-order valence-corrected chi connectivity index (χ0v) is 29.4. The van der Waals surface area contributed by atoms with Gasteiger partial charge in [0.05, 0.1) is 33.7 Å². The molecule has 0 aromatic carbocycles. The lowest BCUT2D eigenvalue weighted by atomic mass is 9.47. The maximum Gasteiger partial charge on any atom is 0.342 e. The summed E-state index contributed by atoms with van der Waals surface area (Å²) in [6.45, 7) is 14.4. The van der Waals surface area contributed by atoms with Gasteiger partial charge in [-0.3, -0.25) is 4.79 Å². The van der Waals surface area contributed by atoms with E-state index in [9.17, 15) is 19.5 Å².